The number of carbonyl (C=O) groups excluding carboxylic acids is 1. The highest BCUT2D eigenvalue weighted by atomic mass is 32.2. The van der Waals surface area contributed by atoms with Crippen molar-refractivity contribution in [2.24, 2.45) is 0 Å². The van der Waals surface area contributed by atoms with Gasteiger partial charge in [-0.15, -0.1) is 0 Å². The van der Waals surface area contributed by atoms with Crippen LogP contribution in [0, 0.1) is 0 Å². The van der Waals surface area contributed by atoms with Crippen LogP contribution in [-0.2, 0) is 16.6 Å². The summed E-state index contributed by atoms with van der Waals surface area (Å²) in [5.74, 6) is 1.53. The average Bonchev–Trinajstić information content (AvgIpc) is 2.95. The standard InChI is InChI=1S/C20H25NO4S/c1-11(22)26-14-6-7-20(23)15-10-12-4-5-13(24-3)17-16(12)19(20,18(14)25-17)8-9-21(15)2/h4-5,14-15,18,23H,6-10H2,1-3H3/t14-,15+,18-,19-,20+/m0/s1. The molecule has 140 valence electrons. The molecule has 26 heavy (non-hydrogen) atoms. The number of aliphatic hydroxyl groups is 1. The summed E-state index contributed by atoms with van der Waals surface area (Å²) in [6.45, 7) is 2.55. The molecule has 2 aliphatic carbocycles. The van der Waals surface area contributed by atoms with Gasteiger partial charge in [0.2, 0.25) is 0 Å². The van der Waals surface area contributed by atoms with E-state index in [4.69, 9.17) is 9.47 Å². The normalized spacial score (nSPS) is 39.9. The Balaban J connectivity index is 1.76. The molecule has 2 heterocycles. The van der Waals surface area contributed by atoms with E-state index in [0.29, 0.717) is 6.42 Å². The van der Waals surface area contributed by atoms with Crippen LogP contribution in [0.2, 0.25) is 0 Å². The molecule has 1 N–H and O–H groups in total. The molecule has 6 heteroatoms. The van der Waals surface area contributed by atoms with Crippen molar-refractivity contribution in [1.29, 1.82) is 0 Å². The molecule has 1 aromatic carbocycles. The summed E-state index contributed by atoms with van der Waals surface area (Å²) < 4.78 is 12.1. The van der Waals surface area contributed by atoms with Crippen LogP contribution in [0.15, 0.2) is 12.1 Å². The summed E-state index contributed by atoms with van der Waals surface area (Å²) in [4.78, 5) is 14.2. The van der Waals surface area contributed by atoms with Crippen LogP contribution in [0.25, 0.3) is 0 Å². The lowest BCUT2D eigenvalue weighted by Crippen LogP contribution is -2.76. The number of benzene rings is 1. The lowest BCUT2D eigenvalue weighted by atomic mass is 9.49. The molecule has 0 aromatic heterocycles. The minimum Gasteiger partial charge on any atom is -0.493 e. The molecule has 0 radical (unpaired) electrons. The van der Waals surface area contributed by atoms with Gasteiger partial charge in [0.1, 0.15) is 6.10 Å². The van der Waals surface area contributed by atoms with Crippen LogP contribution in [-0.4, -0.2) is 58.8 Å². The number of nitrogens with zero attached hydrogens (tertiary/aromatic N) is 1. The second kappa shape index (κ2) is 5.40. The number of likely N-dealkylation sites (tertiary alicyclic amines) is 1. The average molecular weight is 375 g/mol. The monoisotopic (exact) mass is 375 g/mol. The third-order valence-electron chi connectivity index (χ3n) is 7.20. The highest BCUT2D eigenvalue weighted by Crippen LogP contribution is 2.66. The number of hydrogen-bond donors (Lipinski definition) is 1. The molecule has 1 saturated heterocycles. The molecule has 5 atom stereocenters. The molecule has 2 fully saturated rings. The predicted octanol–water partition coefficient (Wildman–Crippen LogP) is 2.13. The van der Waals surface area contributed by atoms with Gasteiger partial charge in [-0.2, -0.15) is 0 Å². The molecule has 1 aromatic rings. The molecule has 2 aliphatic heterocycles. The van der Waals surface area contributed by atoms with Crippen LogP contribution in [0.4, 0.5) is 0 Å². The van der Waals surface area contributed by atoms with Gasteiger partial charge in [-0.3, -0.25) is 4.79 Å². The van der Waals surface area contributed by atoms with E-state index in [2.05, 4.69) is 18.0 Å². The quantitative estimate of drug-likeness (QED) is 0.855. The number of likely N-dealkylation sites (N-methyl/N-ethyl adjacent to an activating group) is 1. The second-order valence-corrected chi connectivity index (χ2v) is 9.62. The van der Waals surface area contributed by atoms with Crippen molar-refractivity contribution in [3.05, 3.63) is 23.3 Å². The molecule has 0 unspecified atom stereocenters. The SMILES string of the molecule is COc1ccc2c3c1O[C@H]1[C@@H](SC(C)=O)CC[C@@]4(O)[C@@H](C2)N(C)CC[C@]314. The Labute approximate surface area is 158 Å². The zero-order chi connectivity index (χ0) is 18.3. The highest BCUT2D eigenvalue weighted by molar-refractivity contribution is 8.14. The first-order chi connectivity index (χ1) is 12.4. The first-order valence-corrected chi connectivity index (χ1v) is 10.3. The van der Waals surface area contributed by atoms with Gasteiger partial charge >= 0.3 is 0 Å². The van der Waals surface area contributed by atoms with Crippen LogP contribution in [0.3, 0.4) is 0 Å². The Morgan fingerprint density at radius 2 is 2.23 bits per heavy atom. The Morgan fingerprint density at radius 3 is 2.96 bits per heavy atom. The predicted molar refractivity (Wildman–Crippen MR) is 100 cm³/mol. The second-order valence-electron chi connectivity index (χ2n) is 8.20. The number of piperidine rings is 1. The van der Waals surface area contributed by atoms with Crippen molar-refractivity contribution in [3.8, 4) is 11.5 Å². The summed E-state index contributed by atoms with van der Waals surface area (Å²) in [6, 6.07) is 4.21. The van der Waals surface area contributed by atoms with E-state index in [1.165, 1.54) is 17.3 Å². The van der Waals surface area contributed by atoms with E-state index < -0.39 is 11.0 Å². The Morgan fingerprint density at radius 1 is 1.42 bits per heavy atom. The summed E-state index contributed by atoms with van der Waals surface area (Å²) in [5.41, 5.74) is 1.16. The summed E-state index contributed by atoms with van der Waals surface area (Å²) in [7, 11) is 3.78. The van der Waals surface area contributed by atoms with Crippen LogP contribution in [0.5, 0.6) is 11.5 Å². The maximum absolute atomic E-state index is 12.0. The van der Waals surface area contributed by atoms with Crippen LogP contribution in [0.1, 0.15) is 37.3 Å². The zero-order valence-electron chi connectivity index (χ0n) is 15.4. The molecule has 0 amide bonds. The fourth-order valence-corrected chi connectivity index (χ4v) is 7.27. The third kappa shape index (κ3) is 1.83. The van der Waals surface area contributed by atoms with Gasteiger partial charge in [0.15, 0.2) is 16.6 Å². The van der Waals surface area contributed by atoms with E-state index >= 15 is 0 Å². The van der Waals surface area contributed by atoms with Gasteiger partial charge in [0.25, 0.3) is 0 Å². The summed E-state index contributed by atoms with van der Waals surface area (Å²) in [6.07, 6.45) is 3.01. The smallest absolute Gasteiger partial charge is 0.186 e. The van der Waals surface area contributed by atoms with E-state index in [9.17, 15) is 9.90 Å². The van der Waals surface area contributed by atoms with Gasteiger partial charge in [0, 0.05) is 18.5 Å². The van der Waals surface area contributed by atoms with E-state index in [0.717, 1.165) is 42.9 Å². The maximum Gasteiger partial charge on any atom is 0.186 e. The fourth-order valence-electron chi connectivity index (χ4n) is 6.19. The number of thioether (sulfide) groups is 1. The molecule has 5 rings (SSSR count). The Kier molecular flexibility index (Phi) is 3.51. The molecule has 4 aliphatic rings. The topological polar surface area (TPSA) is 59.0 Å². The van der Waals surface area contributed by atoms with Gasteiger partial charge in [-0.1, -0.05) is 17.8 Å². The Hall–Kier alpha value is -1.24. The first-order valence-electron chi connectivity index (χ1n) is 9.39. The largest absolute Gasteiger partial charge is 0.493 e. The molecular weight excluding hydrogens is 350 g/mol. The molecule has 1 saturated carbocycles. The van der Waals surface area contributed by atoms with Gasteiger partial charge < -0.3 is 19.5 Å². The van der Waals surface area contributed by atoms with Crippen LogP contribution < -0.4 is 9.47 Å². The maximum atomic E-state index is 12.0. The molecule has 5 nitrogen and oxygen atoms in total. The summed E-state index contributed by atoms with van der Waals surface area (Å²) >= 11 is 1.38. The lowest BCUT2D eigenvalue weighted by Gasteiger charge is -2.63. The minimum absolute atomic E-state index is 0.0693. The number of hydrogen-bond acceptors (Lipinski definition) is 6. The first kappa shape index (κ1) is 16.9. The van der Waals surface area contributed by atoms with Crippen molar-refractivity contribution in [1.82, 2.24) is 4.90 Å². The molecular formula is C20H25NO4S. The van der Waals surface area contributed by atoms with Crippen molar-refractivity contribution in [2.45, 2.75) is 61.0 Å². The number of carbonyl (C=O) groups is 1. The van der Waals surface area contributed by atoms with Crippen LogP contribution >= 0.6 is 11.8 Å². The van der Waals surface area contributed by atoms with Gasteiger partial charge in [-0.05, 0) is 50.9 Å². The van der Waals surface area contributed by atoms with Crippen molar-refractivity contribution < 1.29 is 19.4 Å². The molecule has 1 spiro atoms. The zero-order valence-corrected chi connectivity index (χ0v) is 16.3. The van der Waals surface area contributed by atoms with E-state index in [-0.39, 0.29) is 22.5 Å². The number of ether oxygens (including phenoxy) is 2. The van der Waals surface area contributed by atoms with Gasteiger partial charge in [0.05, 0.1) is 23.4 Å². The number of rotatable bonds is 2. The molecule has 2 bridgehead atoms. The number of methoxy groups -OCH3 is 1. The Bertz CT molecular complexity index is 798. The summed E-state index contributed by atoms with van der Waals surface area (Å²) in [5, 5.41) is 12.2. The highest BCUT2D eigenvalue weighted by Gasteiger charge is 2.72. The van der Waals surface area contributed by atoms with Gasteiger partial charge in [-0.25, -0.2) is 0 Å². The fraction of sp³-hybridized carbons (Fsp3) is 0.650. The lowest BCUT2D eigenvalue weighted by molar-refractivity contribution is -0.178. The van der Waals surface area contributed by atoms with Crippen molar-refractivity contribution in [2.75, 3.05) is 20.7 Å². The third-order valence-corrected chi connectivity index (χ3v) is 8.31. The van der Waals surface area contributed by atoms with Crippen molar-refractivity contribution in [3.63, 3.8) is 0 Å². The van der Waals surface area contributed by atoms with E-state index in [1.54, 1.807) is 14.0 Å². The minimum atomic E-state index is -0.816. The van der Waals surface area contributed by atoms with Crippen molar-refractivity contribution >= 4 is 16.9 Å². The van der Waals surface area contributed by atoms with E-state index in [1.807, 2.05) is 6.07 Å².